The van der Waals surface area contributed by atoms with Crippen molar-refractivity contribution < 1.29 is 4.39 Å². The molecule has 1 fully saturated rings. The number of thioether (sulfide) groups is 1. The van der Waals surface area contributed by atoms with Gasteiger partial charge in [-0.2, -0.15) is 0 Å². The van der Waals surface area contributed by atoms with Gasteiger partial charge in [0, 0.05) is 23.2 Å². The molecule has 1 nitrogen and oxygen atoms in total. The van der Waals surface area contributed by atoms with E-state index in [9.17, 15) is 4.39 Å². The van der Waals surface area contributed by atoms with Crippen LogP contribution in [-0.2, 0) is 0 Å². The molecule has 1 aromatic rings. The van der Waals surface area contributed by atoms with Gasteiger partial charge in [-0.3, -0.25) is 0 Å². The molecule has 0 aliphatic heterocycles. The van der Waals surface area contributed by atoms with E-state index in [1.807, 2.05) is 23.9 Å². The fourth-order valence-electron chi connectivity index (χ4n) is 2.37. The SMILES string of the molecule is CN(CCSc1ccc(F)cc1)C1CCCC1. The number of hydrogen-bond acceptors (Lipinski definition) is 2. The van der Waals surface area contributed by atoms with Crippen molar-refractivity contribution in [2.24, 2.45) is 0 Å². The molecule has 0 atom stereocenters. The smallest absolute Gasteiger partial charge is 0.123 e. The third-order valence-electron chi connectivity index (χ3n) is 3.47. The average molecular weight is 253 g/mol. The second kappa shape index (κ2) is 6.41. The van der Waals surface area contributed by atoms with E-state index >= 15 is 0 Å². The molecule has 0 heterocycles. The highest BCUT2D eigenvalue weighted by Gasteiger charge is 2.18. The van der Waals surface area contributed by atoms with Crippen LogP contribution in [0.25, 0.3) is 0 Å². The van der Waals surface area contributed by atoms with Crippen LogP contribution in [0.2, 0.25) is 0 Å². The molecule has 0 N–H and O–H groups in total. The molecule has 1 saturated carbocycles. The van der Waals surface area contributed by atoms with Gasteiger partial charge in [-0.1, -0.05) is 12.8 Å². The van der Waals surface area contributed by atoms with Gasteiger partial charge in [0.25, 0.3) is 0 Å². The van der Waals surface area contributed by atoms with Crippen LogP contribution in [0.1, 0.15) is 25.7 Å². The monoisotopic (exact) mass is 253 g/mol. The second-order valence-electron chi connectivity index (χ2n) is 4.72. The molecule has 1 aliphatic carbocycles. The molecule has 2 rings (SSSR count). The number of halogens is 1. The first-order valence-corrected chi connectivity index (χ1v) is 7.33. The molecule has 1 aliphatic rings. The first kappa shape index (κ1) is 12.9. The molecule has 0 bridgehead atoms. The minimum Gasteiger partial charge on any atom is -0.303 e. The van der Waals surface area contributed by atoms with Gasteiger partial charge in [0.2, 0.25) is 0 Å². The van der Waals surface area contributed by atoms with Crippen LogP contribution in [0.5, 0.6) is 0 Å². The maximum absolute atomic E-state index is 12.7. The van der Waals surface area contributed by atoms with Gasteiger partial charge in [0.15, 0.2) is 0 Å². The summed E-state index contributed by atoms with van der Waals surface area (Å²) in [4.78, 5) is 3.63. The Kier molecular flexibility index (Phi) is 4.86. The fraction of sp³-hybridized carbons (Fsp3) is 0.571. The van der Waals surface area contributed by atoms with Gasteiger partial charge in [0.05, 0.1) is 0 Å². The van der Waals surface area contributed by atoms with Crippen LogP contribution in [-0.4, -0.2) is 30.3 Å². The van der Waals surface area contributed by atoms with Crippen LogP contribution in [0.4, 0.5) is 4.39 Å². The molecule has 0 spiro atoms. The fourth-order valence-corrected chi connectivity index (χ4v) is 3.31. The van der Waals surface area contributed by atoms with E-state index in [2.05, 4.69) is 11.9 Å². The predicted octanol–water partition coefficient (Wildman–Crippen LogP) is 3.79. The molecule has 94 valence electrons. The highest BCUT2D eigenvalue weighted by molar-refractivity contribution is 7.99. The Balaban J connectivity index is 1.70. The molecule has 0 unspecified atom stereocenters. The van der Waals surface area contributed by atoms with Crippen molar-refractivity contribution in [3.63, 3.8) is 0 Å². The first-order valence-electron chi connectivity index (χ1n) is 6.34. The topological polar surface area (TPSA) is 3.24 Å². The Morgan fingerprint density at radius 2 is 1.88 bits per heavy atom. The van der Waals surface area contributed by atoms with E-state index < -0.39 is 0 Å². The quantitative estimate of drug-likeness (QED) is 0.734. The van der Waals surface area contributed by atoms with Crippen LogP contribution >= 0.6 is 11.8 Å². The zero-order valence-corrected chi connectivity index (χ0v) is 11.2. The zero-order chi connectivity index (χ0) is 12.1. The van der Waals surface area contributed by atoms with Gasteiger partial charge in [-0.15, -0.1) is 11.8 Å². The van der Waals surface area contributed by atoms with E-state index in [-0.39, 0.29) is 5.82 Å². The zero-order valence-electron chi connectivity index (χ0n) is 10.4. The van der Waals surface area contributed by atoms with E-state index in [1.165, 1.54) is 37.8 Å². The maximum Gasteiger partial charge on any atom is 0.123 e. The van der Waals surface area contributed by atoms with Crippen molar-refractivity contribution >= 4 is 11.8 Å². The summed E-state index contributed by atoms with van der Waals surface area (Å²) in [6.45, 7) is 1.12. The largest absolute Gasteiger partial charge is 0.303 e. The van der Waals surface area contributed by atoms with Gasteiger partial charge in [-0.25, -0.2) is 4.39 Å². The number of benzene rings is 1. The van der Waals surface area contributed by atoms with Gasteiger partial charge < -0.3 is 4.90 Å². The van der Waals surface area contributed by atoms with Crippen molar-refractivity contribution in [1.82, 2.24) is 4.90 Å². The summed E-state index contributed by atoms with van der Waals surface area (Å²) in [5, 5.41) is 0. The highest BCUT2D eigenvalue weighted by atomic mass is 32.2. The van der Waals surface area contributed by atoms with E-state index in [4.69, 9.17) is 0 Å². The van der Waals surface area contributed by atoms with E-state index in [1.54, 1.807) is 0 Å². The minimum atomic E-state index is -0.155. The summed E-state index contributed by atoms with van der Waals surface area (Å²) >= 11 is 1.81. The lowest BCUT2D eigenvalue weighted by Gasteiger charge is -2.23. The molecule has 3 heteroatoms. The van der Waals surface area contributed by atoms with Crippen LogP contribution in [0, 0.1) is 5.82 Å². The Labute approximate surface area is 107 Å². The molecule has 0 aromatic heterocycles. The third kappa shape index (κ3) is 4.00. The number of nitrogens with zero attached hydrogens (tertiary/aromatic N) is 1. The predicted molar refractivity (Wildman–Crippen MR) is 72.0 cm³/mol. The lowest BCUT2D eigenvalue weighted by molar-refractivity contribution is 0.260. The second-order valence-corrected chi connectivity index (χ2v) is 5.89. The summed E-state index contributed by atoms with van der Waals surface area (Å²) in [6.07, 6.45) is 5.50. The van der Waals surface area contributed by atoms with Gasteiger partial charge in [-0.05, 0) is 44.2 Å². The molecule has 0 saturated heterocycles. The lowest BCUT2D eigenvalue weighted by Crippen LogP contribution is -2.31. The average Bonchev–Trinajstić information content (AvgIpc) is 2.85. The Bertz CT molecular complexity index is 333. The summed E-state index contributed by atoms with van der Waals surface area (Å²) in [5.74, 6) is 0.927. The van der Waals surface area contributed by atoms with Crippen molar-refractivity contribution in [1.29, 1.82) is 0 Å². The maximum atomic E-state index is 12.7. The van der Waals surface area contributed by atoms with Crippen LogP contribution in [0.3, 0.4) is 0 Å². The molecular formula is C14H20FNS. The standard InChI is InChI=1S/C14H20FNS/c1-16(13-4-2-3-5-13)10-11-17-14-8-6-12(15)7-9-14/h6-9,13H,2-5,10-11H2,1H3. The third-order valence-corrected chi connectivity index (χ3v) is 4.47. The Morgan fingerprint density at radius 1 is 1.24 bits per heavy atom. The normalized spacial score (nSPS) is 16.9. The molecule has 0 radical (unpaired) electrons. The highest BCUT2D eigenvalue weighted by Crippen LogP contribution is 2.23. The molecule has 1 aromatic carbocycles. The minimum absolute atomic E-state index is 0.155. The molecule has 17 heavy (non-hydrogen) atoms. The summed E-state index contributed by atoms with van der Waals surface area (Å²) < 4.78 is 12.7. The van der Waals surface area contributed by atoms with Crippen LogP contribution < -0.4 is 0 Å². The Hall–Kier alpha value is -0.540. The van der Waals surface area contributed by atoms with Crippen molar-refractivity contribution in [2.75, 3.05) is 19.3 Å². The molecule has 0 amide bonds. The van der Waals surface area contributed by atoms with Gasteiger partial charge in [0.1, 0.15) is 5.82 Å². The summed E-state index contributed by atoms with van der Waals surface area (Å²) in [6, 6.07) is 7.57. The lowest BCUT2D eigenvalue weighted by atomic mass is 10.2. The number of hydrogen-bond donors (Lipinski definition) is 0. The number of rotatable bonds is 5. The van der Waals surface area contributed by atoms with Gasteiger partial charge >= 0.3 is 0 Å². The van der Waals surface area contributed by atoms with E-state index in [0.717, 1.165) is 23.2 Å². The Morgan fingerprint density at radius 3 is 2.53 bits per heavy atom. The van der Waals surface area contributed by atoms with Crippen LogP contribution in [0.15, 0.2) is 29.2 Å². The van der Waals surface area contributed by atoms with Crippen molar-refractivity contribution in [3.05, 3.63) is 30.1 Å². The van der Waals surface area contributed by atoms with Crippen molar-refractivity contribution in [3.8, 4) is 0 Å². The van der Waals surface area contributed by atoms with Crippen molar-refractivity contribution in [2.45, 2.75) is 36.6 Å². The summed E-state index contributed by atoms with van der Waals surface area (Å²) in [5.41, 5.74) is 0. The first-order chi connectivity index (χ1) is 8.25. The summed E-state index contributed by atoms with van der Waals surface area (Å²) in [7, 11) is 2.22. The molecular weight excluding hydrogens is 233 g/mol. The van der Waals surface area contributed by atoms with E-state index in [0.29, 0.717) is 0 Å².